The molecule has 0 aliphatic carbocycles. The van der Waals surface area contributed by atoms with Gasteiger partial charge in [-0.1, -0.05) is 37.3 Å². The van der Waals surface area contributed by atoms with Crippen LogP contribution >= 0.6 is 11.3 Å². The number of ether oxygens (including phenoxy) is 1. The fourth-order valence-electron chi connectivity index (χ4n) is 2.27. The van der Waals surface area contributed by atoms with Gasteiger partial charge in [-0.2, -0.15) is 0 Å². The van der Waals surface area contributed by atoms with Gasteiger partial charge in [-0.25, -0.2) is 9.78 Å². The number of carbonyl (C=O) groups excluding carboxylic acids is 2. The van der Waals surface area contributed by atoms with Crippen LogP contribution in [-0.4, -0.2) is 28.6 Å². The van der Waals surface area contributed by atoms with Crippen molar-refractivity contribution < 1.29 is 14.3 Å². The Bertz CT molecular complexity index is 696. The van der Waals surface area contributed by atoms with Crippen LogP contribution in [0.1, 0.15) is 39.2 Å². The standard InChI is InChI=1S/C18H23N3O3S/c1-12(13-8-6-5-7-9-13)14(20-17(23)24-18(2,3)4)15(22)21-16-19-10-11-25-16/h5-12,14H,1-4H3,(H,20,23)(H,19,21,22)/t12-,14-/m0/s1. The summed E-state index contributed by atoms with van der Waals surface area (Å²) in [5.41, 5.74) is 0.300. The molecule has 6 nitrogen and oxygen atoms in total. The molecule has 0 aliphatic heterocycles. The van der Waals surface area contributed by atoms with Crippen LogP contribution in [0.3, 0.4) is 0 Å². The number of benzene rings is 1. The summed E-state index contributed by atoms with van der Waals surface area (Å²) in [5.74, 6) is -0.578. The van der Waals surface area contributed by atoms with Crippen molar-refractivity contribution in [3.63, 3.8) is 0 Å². The minimum absolute atomic E-state index is 0.242. The first kappa shape index (κ1) is 18.9. The first-order valence-electron chi connectivity index (χ1n) is 8.01. The molecular formula is C18H23N3O3S. The largest absolute Gasteiger partial charge is 0.444 e. The fraction of sp³-hybridized carbons (Fsp3) is 0.389. The van der Waals surface area contributed by atoms with Crippen LogP contribution in [-0.2, 0) is 9.53 Å². The molecule has 1 aromatic carbocycles. The lowest BCUT2D eigenvalue weighted by Crippen LogP contribution is -2.48. The Labute approximate surface area is 151 Å². The van der Waals surface area contributed by atoms with Crippen LogP contribution in [0.25, 0.3) is 0 Å². The molecule has 1 heterocycles. The maximum atomic E-state index is 12.7. The molecule has 2 N–H and O–H groups in total. The van der Waals surface area contributed by atoms with Crippen molar-refractivity contribution in [1.82, 2.24) is 10.3 Å². The van der Waals surface area contributed by atoms with E-state index < -0.39 is 17.7 Å². The second-order valence-electron chi connectivity index (χ2n) is 6.65. The molecule has 2 atom stereocenters. The Balaban J connectivity index is 2.18. The van der Waals surface area contributed by atoms with Crippen molar-refractivity contribution in [2.45, 2.75) is 45.3 Å². The van der Waals surface area contributed by atoms with Crippen molar-refractivity contribution in [3.05, 3.63) is 47.5 Å². The molecular weight excluding hydrogens is 338 g/mol. The third-order valence-corrected chi connectivity index (χ3v) is 4.13. The van der Waals surface area contributed by atoms with Crippen LogP contribution < -0.4 is 10.6 Å². The molecule has 2 amide bonds. The highest BCUT2D eigenvalue weighted by molar-refractivity contribution is 7.13. The quantitative estimate of drug-likeness (QED) is 0.849. The second-order valence-corrected chi connectivity index (χ2v) is 7.54. The molecule has 2 rings (SSSR count). The van der Waals surface area contributed by atoms with E-state index >= 15 is 0 Å². The third-order valence-electron chi connectivity index (χ3n) is 3.44. The molecule has 7 heteroatoms. The SMILES string of the molecule is C[C@@H](c1ccccc1)[C@H](NC(=O)OC(C)(C)C)C(=O)Nc1nccs1. The summed E-state index contributed by atoms with van der Waals surface area (Å²) in [6.07, 6.45) is 0.978. The molecule has 0 radical (unpaired) electrons. The number of anilines is 1. The number of amides is 2. The number of rotatable bonds is 5. The zero-order chi connectivity index (χ0) is 18.4. The lowest BCUT2D eigenvalue weighted by atomic mass is 9.93. The van der Waals surface area contributed by atoms with Gasteiger partial charge in [-0.3, -0.25) is 4.79 Å². The van der Waals surface area contributed by atoms with E-state index in [1.165, 1.54) is 11.3 Å². The van der Waals surface area contributed by atoms with Crippen molar-refractivity contribution >= 4 is 28.5 Å². The van der Waals surface area contributed by atoms with Crippen molar-refractivity contribution in [2.75, 3.05) is 5.32 Å². The van der Waals surface area contributed by atoms with Gasteiger partial charge in [0.25, 0.3) is 0 Å². The van der Waals surface area contributed by atoms with Gasteiger partial charge in [-0.15, -0.1) is 11.3 Å². The minimum atomic E-state index is -0.791. The van der Waals surface area contributed by atoms with E-state index in [0.29, 0.717) is 5.13 Å². The number of alkyl carbamates (subject to hydrolysis) is 1. The molecule has 0 saturated carbocycles. The first-order valence-corrected chi connectivity index (χ1v) is 8.89. The predicted molar refractivity (Wildman–Crippen MR) is 98.8 cm³/mol. The molecule has 1 aromatic heterocycles. The Kier molecular flexibility index (Phi) is 6.14. The van der Waals surface area contributed by atoms with Crippen LogP contribution in [0.4, 0.5) is 9.93 Å². The maximum Gasteiger partial charge on any atom is 0.408 e. The first-order chi connectivity index (χ1) is 11.8. The summed E-state index contributed by atoms with van der Waals surface area (Å²) < 4.78 is 5.30. The lowest BCUT2D eigenvalue weighted by molar-refractivity contribution is -0.118. The van der Waals surface area contributed by atoms with E-state index in [4.69, 9.17) is 4.74 Å². The number of thiazole rings is 1. The Morgan fingerprint density at radius 1 is 1.20 bits per heavy atom. The number of nitrogens with one attached hydrogen (secondary N) is 2. The average molecular weight is 361 g/mol. The van der Waals surface area contributed by atoms with Gasteiger partial charge in [0.2, 0.25) is 5.91 Å². The summed E-state index contributed by atoms with van der Waals surface area (Å²) in [5, 5.41) is 7.68. The van der Waals surface area contributed by atoms with Crippen LogP contribution in [0.15, 0.2) is 41.9 Å². The van der Waals surface area contributed by atoms with Gasteiger partial charge in [0.1, 0.15) is 11.6 Å². The van der Waals surface area contributed by atoms with Gasteiger partial charge in [0, 0.05) is 17.5 Å². The van der Waals surface area contributed by atoms with E-state index in [1.54, 1.807) is 32.3 Å². The topological polar surface area (TPSA) is 80.3 Å². The molecule has 0 unspecified atom stereocenters. The normalized spacial score (nSPS) is 13.6. The predicted octanol–water partition coefficient (Wildman–Crippen LogP) is 3.78. The van der Waals surface area contributed by atoms with E-state index in [0.717, 1.165) is 5.56 Å². The highest BCUT2D eigenvalue weighted by Gasteiger charge is 2.30. The summed E-state index contributed by atoms with van der Waals surface area (Å²) >= 11 is 1.32. The van der Waals surface area contributed by atoms with Gasteiger partial charge in [-0.05, 0) is 26.3 Å². The molecule has 25 heavy (non-hydrogen) atoms. The number of nitrogens with zero attached hydrogens (tertiary/aromatic N) is 1. The molecule has 134 valence electrons. The van der Waals surface area contributed by atoms with Crippen LogP contribution in [0, 0.1) is 0 Å². The Morgan fingerprint density at radius 2 is 1.88 bits per heavy atom. The number of carbonyl (C=O) groups is 2. The summed E-state index contributed by atoms with van der Waals surface area (Å²) in [7, 11) is 0. The van der Waals surface area contributed by atoms with Crippen molar-refractivity contribution in [1.29, 1.82) is 0 Å². The molecule has 0 fully saturated rings. The Hall–Kier alpha value is -2.41. The van der Waals surface area contributed by atoms with Crippen LogP contribution in [0.2, 0.25) is 0 Å². The molecule has 0 aliphatic rings. The number of hydrogen-bond acceptors (Lipinski definition) is 5. The van der Waals surface area contributed by atoms with Gasteiger partial charge < -0.3 is 15.4 Å². The van der Waals surface area contributed by atoms with E-state index in [-0.39, 0.29) is 11.8 Å². The van der Waals surface area contributed by atoms with Gasteiger partial charge >= 0.3 is 6.09 Å². The average Bonchev–Trinajstić information content (AvgIpc) is 3.04. The highest BCUT2D eigenvalue weighted by atomic mass is 32.1. The minimum Gasteiger partial charge on any atom is -0.444 e. The second kappa shape index (κ2) is 8.11. The van der Waals surface area contributed by atoms with Crippen molar-refractivity contribution in [2.24, 2.45) is 0 Å². The monoisotopic (exact) mass is 361 g/mol. The molecule has 0 spiro atoms. The zero-order valence-electron chi connectivity index (χ0n) is 14.8. The van der Waals surface area contributed by atoms with Gasteiger partial charge in [0.05, 0.1) is 0 Å². The number of hydrogen-bond donors (Lipinski definition) is 2. The lowest BCUT2D eigenvalue weighted by Gasteiger charge is -2.26. The summed E-state index contributed by atoms with van der Waals surface area (Å²) in [6, 6.07) is 8.75. The zero-order valence-corrected chi connectivity index (χ0v) is 15.6. The molecule has 0 bridgehead atoms. The van der Waals surface area contributed by atoms with E-state index in [1.807, 2.05) is 37.3 Å². The highest BCUT2D eigenvalue weighted by Crippen LogP contribution is 2.21. The maximum absolute atomic E-state index is 12.7. The number of aromatic nitrogens is 1. The third kappa shape index (κ3) is 5.86. The molecule has 0 saturated heterocycles. The fourth-order valence-corrected chi connectivity index (χ4v) is 2.80. The molecule has 2 aromatic rings. The Morgan fingerprint density at radius 3 is 2.44 bits per heavy atom. The van der Waals surface area contributed by atoms with Crippen LogP contribution in [0.5, 0.6) is 0 Å². The van der Waals surface area contributed by atoms with Gasteiger partial charge in [0.15, 0.2) is 5.13 Å². The summed E-state index contributed by atoms with van der Waals surface area (Å²) in [4.78, 5) is 28.9. The van der Waals surface area contributed by atoms with Crippen molar-refractivity contribution in [3.8, 4) is 0 Å². The van der Waals surface area contributed by atoms with E-state index in [2.05, 4.69) is 15.6 Å². The van der Waals surface area contributed by atoms with E-state index in [9.17, 15) is 9.59 Å². The smallest absolute Gasteiger partial charge is 0.408 e. The summed E-state index contributed by atoms with van der Waals surface area (Å²) in [6.45, 7) is 7.21.